The van der Waals surface area contributed by atoms with Gasteiger partial charge in [0, 0.05) is 19.5 Å². The number of aliphatic hydroxyl groups is 1. The molecule has 2 rings (SSSR count). The Kier molecular flexibility index (Phi) is 5.02. The number of nitrogens with zero attached hydrogens (tertiary/aromatic N) is 1. The maximum Gasteiger partial charge on any atom is 0.225 e. The van der Waals surface area contributed by atoms with Crippen LogP contribution in [0.4, 0.5) is 0 Å². The highest BCUT2D eigenvalue weighted by atomic mass is 16.3. The summed E-state index contributed by atoms with van der Waals surface area (Å²) >= 11 is 0. The van der Waals surface area contributed by atoms with Crippen molar-refractivity contribution in [2.24, 2.45) is 17.8 Å². The number of nitrogens with one attached hydrogen (secondary N) is 1. The van der Waals surface area contributed by atoms with Gasteiger partial charge in [-0.15, -0.1) is 0 Å². The number of amides is 2. The predicted octanol–water partition coefficient (Wildman–Crippen LogP) is 0.768. The molecule has 1 saturated heterocycles. The zero-order chi connectivity index (χ0) is 14.7. The minimum atomic E-state index is -0.248. The molecule has 1 saturated carbocycles. The molecule has 2 unspecified atom stereocenters. The lowest BCUT2D eigenvalue weighted by Crippen LogP contribution is -2.42. The van der Waals surface area contributed by atoms with Gasteiger partial charge >= 0.3 is 0 Å². The lowest BCUT2D eigenvalue weighted by Gasteiger charge is -2.21. The van der Waals surface area contributed by atoms with Gasteiger partial charge in [-0.05, 0) is 31.1 Å². The van der Waals surface area contributed by atoms with Crippen molar-refractivity contribution in [1.82, 2.24) is 10.2 Å². The molecule has 0 radical (unpaired) electrons. The Labute approximate surface area is 120 Å². The summed E-state index contributed by atoms with van der Waals surface area (Å²) in [6, 6.07) is -0.199. The molecule has 5 heteroatoms. The minimum absolute atomic E-state index is 0.0453. The number of hydrogen-bond donors (Lipinski definition) is 2. The topological polar surface area (TPSA) is 69.6 Å². The molecule has 0 spiro atoms. The van der Waals surface area contributed by atoms with Crippen LogP contribution in [0.3, 0.4) is 0 Å². The van der Waals surface area contributed by atoms with Crippen LogP contribution >= 0.6 is 0 Å². The van der Waals surface area contributed by atoms with Crippen molar-refractivity contribution in [3.05, 3.63) is 0 Å². The van der Waals surface area contributed by atoms with Crippen LogP contribution in [0.25, 0.3) is 0 Å². The van der Waals surface area contributed by atoms with E-state index in [2.05, 4.69) is 19.2 Å². The molecule has 1 aliphatic carbocycles. The second-order valence-corrected chi connectivity index (χ2v) is 6.66. The van der Waals surface area contributed by atoms with Gasteiger partial charge in [0.25, 0.3) is 0 Å². The summed E-state index contributed by atoms with van der Waals surface area (Å²) in [6.07, 6.45) is 3.50. The Morgan fingerprint density at radius 3 is 2.70 bits per heavy atom. The Morgan fingerprint density at radius 2 is 2.15 bits per heavy atom. The van der Waals surface area contributed by atoms with Crippen molar-refractivity contribution in [1.29, 1.82) is 0 Å². The number of carbonyl (C=O) groups is 2. The number of hydrogen-bond acceptors (Lipinski definition) is 3. The Balaban J connectivity index is 1.81. The van der Waals surface area contributed by atoms with Crippen molar-refractivity contribution >= 4 is 11.8 Å². The van der Waals surface area contributed by atoms with E-state index >= 15 is 0 Å². The SMILES string of the molecule is CC(C)CC(CO)NC(=O)C1CC(=O)N(CC2CC2)C1. The Morgan fingerprint density at radius 1 is 1.45 bits per heavy atom. The van der Waals surface area contributed by atoms with Gasteiger partial charge in [0.15, 0.2) is 0 Å². The van der Waals surface area contributed by atoms with Gasteiger partial charge in [-0.25, -0.2) is 0 Å². The molecule has 5 nitrogen and oxygen atoms in total. The van der Waals surface area contributed by atoms with Crippen LogP contribution < -0.4 is 5.32 Å². The molecule has 2 N–H and O–H groups in total. The highest BCUT2D eigenvalue weighted by Gasteiger charge is 2.37. The average Bonchev–Trinajstić information content (AvgIpc) is 3.11. The molecule has 114 valence electrons. The van der Waals surface area contributed by atoms with Gasteiger partial charge < -0.3 is 15.3 Å². The summed E-state index contributed by atoms with van der Waals surface area (Å²) < 4.78 is 0. The standard InChI is InChI=1S/C15H26N2O3/c1-10(2)5-13(9-18)16-15(20)12-6-14(19)17(8-12)7-11-3-4-11/h10-13,18H,3-9H2,1-2H3,(H,16,20). The molecule has 2 aliphatic rings. The van der Waals surface area contributed by atoms with E-state index in [1.54, 1.807) is 0 Å². The predicted molar refractivity (Wildman–Crippen MR) is 75.9 cm³/mol. The third-order valence-corrected chi connectivity index (χ3v) is 4.08. The number of carbonyl (C=O) groups excluding carboxylic acids is 2. The van der Waals surface area contributed by atoms with Crippen LogP contribution in [0, 0.1) is 17.8 Å². The normalized spacial score (nSPS) is 24.3. The monoisotopic (exact) mass is 282 g/mol. The molecule has 20 heavy (non-hydrogen) atoms. The van der Waals surface area contributed by atoms with E-state index in [1.807, 2.05) is 4.90 Å². The first-order valence-electron chi connectivity index (χ1n) is 7.68. The molecular weight excluding hydrogens is 256 g/mol. The second kappa shape index (κ2) is 6.57. The third kappa shape index (κ3) is 4.20. The molecule has 2 atom stereocenters. The van der Waals surface area contributed by atoms with E-state index in [1.165, 1.54) is 12.8 Å². The van der Waals surface area contributed by atoms with E-state index < -0.39 is 0 Å². The fraction of sp³-hybridized carbons (Fsp3) is 0.867. The van der Waals surface area contributed by atoms with E-state index in [9.17, 15) is 14.7 Å². The van der Waals surface area contributed by atoms with Gasteiger partial charge in [0.2, 0.25) is 11.8 Å². The van der Waals surface area contributed by atoms with Crippen molar-refractivity contribution in [3.63, 3.8) is 0 Å². The van der Waals surface area contributed by atoms with Crippen molar-refractivity contribution in [2.75, 3.05) is 19.7 Å². The Hall–Kier alpha value is -1.10. The lowest BCUT2D eigenvalue weighted by molar-refractivity contribution is -0.129. The summed E-state index contributed by atoms with van der Waals surface area (Å²) in [5, 5.41) is 12.2. The summed E-state index contributed by atoms with van der Waals surface area (Å²) in [4.78, 5) is 25.9. The smallest absolute Gasteiger partial charge is 0.225 e. The Bertz CT molecular complexity index is 366. The molecule has 0 aromatic carbocycles. The zero-order valence-electron chi connectivity index (χ0n) is 12.5. The molecule has 2 fully saturated rings. The van der Waals surface area contributed by atoms with Gasteiger partial charge in [0.1, 0.15) is 0 Å². The van der Waals surface area contributed by atoms with Gasteiger partial charge in [0.05, 0.1) is 18.6 Å². The molecule has 0 aromatic heterocycles. The van der Waals surface area contributed by atoms with Crippen LogP contribution in [0.15, 0.2) is 0 Å². The van der Waals surface area contributed by atoms with Crippen LogP contribution in [0.1, 0.15) is 39.5 Å². The minimum Gasteiger partial charge on any atom is -0.394 e. The van der Waals surface area contributed by atoms with E-state index in [0.29, 0.717) is 24.8 Å². The molecule has 1 heterocycles. The quantitative estimate of drug-likeness (QED) is 0.724. The maximum atomic E-state index is 12.2. The van der Waals surface area contributed by atoms with Gasteiger partial charge in [-0.3, -0.25) is 9.59 Å². The second-order valence-electron chi connectivity index (χ2n) is 6.66. The first-order valence-corrected chi connectivity index (χ1v) is 7.68. The molecule has 0 aromatic rings. The lowest BCUT2D eigenvalue weighted by atomic mass is 10.0. The third-order valence-electron chi connectivity index (χ3n) is 4.08. The first kappa shape index (κ1) is 15.3. The van der Waals surface area contributed by atoms with Crippen LogP contribution in [-0.4, -0.2) is 47.6 Å². The van der Waals surface area contributed by atoms with Gasteiger partial charge in [-0.2, -0.15) is 0 Å². The zero-order valence-corrected chi connectivity index (χ0v) is 12.5. The average molecular weight is 282 g/mol. The molecule has 0 bridgehead atoms. The number of rotatable bonds is 7. The van der Waals surface area contributed by atoms with E-state index in [-0.39, 0.29) is 30.4 Å². The summed E-state index contributed by atoms with van der Waals surface area (Å²) in [7, 11) is 0. The molecular formula is C15H26N2O3. The fourth-order valence-electron chi connectivity index (χ4n) is 2.80. The maximum absolute atomic E-state index is 12.2. The molecule has 2 amide bonds. The van der Waals surface area contributed by atoms with Gasteiger partial charge in [-0.1, -0.05) is 13.8 Å². The fourth-order valence-corrected chi connectivity index (χ4v) is 2.80. The number of likely N-dealkylation sites (tertiary alicyclic amines) is 1. The van der Waals surface area contributed by atoms with Crippen molar-refractivity contribution in [2.45, 2.75) is 45.6 Å². The highest BCUT2D eigenvalue weighted by molar-refractivity contribution is 5.89. The summed E-state index contributed by atoms with van der Waals surface area (Å²) in [6.45, 7) is 5.44. The largest absolute Gasteiger partial charge is 0.394 e. The van der Waals surface area contributed by atoms with Crippen LogP contribution in [-0.2, 0) is 9.59 Å². The van der Waals surface area contributed by atoms with E-state index in [0.717, 1.165) is 13.0 Å². The summed E-state index contributed by atoms with van der Waals surface area (Å²) in [5.41, 5.74) is 0. The highest BCUT2D eigenvalue weighted by Crippen LogP contribution is 2.32. The molecule has 1 aliphatic heterocycles. The van der Waals surface area contributed by atoms with Crippen molar-refractivity contribution in [3.8, 4) is 0 Å². The van der Waals surface area contributed by atoms with Crippen LogP contribution in [0.5, 0.6) is 0 Å². The number of aliphatic hydroxyl groups excluding tert-OH is 1. The van der Waals surface area contributed by atoms with Crippen LogP contribution in [0.2, 0.25) is 0 Å². The first-order chi connectivity index (χ1) is 9.49. The summed E-state index contributed by atoms with van der Waals surface area (Å²) in [5.74, 6) is 0.844. The van der Waals surface area contributed by atoms with E-state index in [4.69, 9.17) is 0 Å². The van der Waals surface area contributed by atoms with Crippen molar-refractivity contribution < 1.29 is 14.7 Å².